The van der Waals surface area contributed by atoms with Crippen molar-refractivity contribution < 1.29 is 4.74 Å². The molecule has 0 aliphatic heterocycles. The molecule has 1 unspecified atom stereocenters. The predicted octanol–water partition coefficient (Wildman–Crippen LogP) is 2.87. The first-order chi connectivity index (χ1) is 9.22. The lowest BCUT2D eigenvalue weighted by atomic mass is 10.3. The molecule has 0 radical (unpaired) electrons. The summed E-state index contributed by atoms with van der Waals surface area (Å²) < 4.78 is 7.02. The quantitative estimate of drug-likeness (QED) is 0.867. The van der Waals surface area contributed by atoms with Gasteiger partial charge in [-0.3, -0.25) is 4.68 Å². The van der Waals surface area contributed by atoms with Crippen molar-refractivity contribution in [3.05, 3.63) is 36.3 Å². The van der Waals surface area contributed by atoms with E-state index < -0.39 is 0 Å². The lowest BCUT2D eigenvalue weighted by Crippen LogP contribution is -2.06. The average molecular weight is 260 g/mol. The van der Waals surface area contributed by atoms with Crippen LogP contribution in [0.1, 0.15) is 32.0 Å². The number of aromatic nitrogens is 3. The summed E-state index contributed by atoms with van der Waals surface area (Å²) in [5.41, 5.74) is 1.98. The summed E-state index contributed by atoms with van der Waals surface area (Å²) in [7, 11) is 1.61. The second kappa shape index (κ2) is 6.22. The molecule has 0 amide bonds. The molecule has 5 heteroatoms. The number of hydrogen-bond acceptors (Lipinski definition) is 4. The van der Waals surface area contributed by atoms with E-state index in [9.17, 15) is 0 Å². The standard InChI is InChI=1S/C14H20N4O/c1-4-11(2)18-8-7-13(17-18)10-15-12-5-6-14(19-3)16-9-12/h5-9,11,15H,4,10H2,1-3H3. The number of nitrogens with one attached hydrogen (secondary N) is 1. The molecule has 1 N–H and O–H groups in total. The van der Waals surface area contributed by atoms with Gasteiger partial charge in [-0.1, -0.05) is 6.92 Å². The van der Waals surface area contributed by atoms with Crippen molar-refractivity contribution in [2.75, 3.05) is 12.4 Å². The molecular formula is C14H20N4O. The highest BCUT2D eigenvalue weighted by Gasteiger charge is 2.04. The van der Waals surface area contributed by atoms with Crippen LogP contribution in [-0.2, 0) is 6.54 Å². The van der Waals surface area contributed by atoms with Gasteiger partial charge in [-0.2, -0.15) is 5.10 Å². The topological polar surface area (TPSA) is 52.0 Å². The Morgan fingerprint density at radius 1 is 1.37 bits per heavy atom. The molecule has 2 aromatic rings. The molecule has 1 atom stereocenters. The van der Waals surface area contributed by atoms with E-state index in [1.807, 2.05) is 29.1 Å². The van der Waals surface area contributed by atoms with Crippen molar-refractivity contribution in [3.63, 3.8) is 0 Å². The first-order valence-corrected chi connectivity index (χ1v) is 6.51. The van der Waals surface area contributed by atoms with E-state index >= 15 is 0 Å². The van der Waals surface area contributed by atoms with Crippen molar-refractivity contribution in [1.82, 2.24) is 14.8 Å². The van der Waals surface area contributed by atoms with Gasteiger partial charge in [0.25, 0.3) is 0 Å². The van der Waals surface area contributed by atoms with Crippen molar-refractivity contribution in [3.8, 4) is 5.88 Å². The van der Waals surface area contributed by atoms with E-state index in [1.54, 1.807) is 13.3 Å². The van der Waals surface area contributed by atoms with E-state index in [0.717, 1.165) is 17.8 Å². The van der Waals surface area contributed by atoms with E-state index in [4.69, 9.17) is 4.74 Å². The predicted molar refractivity (Wildman–Crippen MR) is 75.3 cm³/mol. The van der Waals surface area contributed by atoms with E-state index in [0.29, 0.717) is 18.5 Å². The Kier molecular flexibility index (Phi) is 4.39. The van der Waals surface area contributed by atoms with Crippen LogP contribution in [0.2, 0.25) is 0 Å². The lowest BCUT2D eigenvalue weighted by molar-refractivity contribution is 0.398. The molecule has 0 aliphatic carbocycles. The van der Waals surface area contributed by atoms with Gasteiger partial charge in [0, 0.05) is 18.3 Å². The lowest BCUT2D eigenvalue weighted by Gasteiger charge is -2.08. The third kappa shape index (κ3) is 3.47. The first-order valence-electron chi connectivity index (χ1n) is 6.51. The molecule has 0 aromatic carbocycles. The Morgan fingerprint density at radius 2 is 2.21 bits per heavy atom. The molecule has 0 bridgehead atoms. The van der Waals surface area contributed by atoms with Gasteiger partial charge in [0.2, 0.25) is 5.88 Å². The monoisotopic (exact) mass is 260 g/mol. The second-order valence-corrected chi connectivity index (χ2v) is 4.49. The Hall–Kier alpha value is -2.04. The first kappa shape index (κ1) is 13.4. The van der Waals surface area contributed by atoms with Gasteiger partial charge < -0.3 is 10.1 Å². The molecular weight excluding hydrogens is 240 g/mol. The van der Waals surface area contributed by atoms with Crippen molar-refractivity contribution in [2.24, 2.45) is 0 Å². The third-order valence-corrected chi connectivity index (χ3v) is 3.13. The van der Waals surface area contributed by atoms with E-state index in [-0.39, 0.29) is 0 Å². The van der Waals surface area contributed by atoms with Crippen LogP contribution in [-0.4, -0.2) is 21.9 Å². The summed E-state index contributed by atoms with van der Waals surface area (Å²) in [6.07, 6.45) is 4.86. The van der Waals surface area contributed by atoms with Gasteiger partial charge in [0.15, 0.2) is 0 Å². The zero-order chi connectivity index (χ0) is 13.7. The molecule has 0 saturated heterocycles. The average Bonchev–Trinajstić information content (AvgIpc) is 2.93. The minimum Gasteiger partial charge on any atom is -0.481 e. The largest absolute Gasteiger partial charge is 0.481 e. The number of methoxy groups -OCH3 is 1. The maximum Gasteiger partial charge on any atom is 0.213 e. The fraction of sp³-hybridized carbons (Fsp3) is 0.429. The van der Waals surface area contributed by atoms with Gasteiger partial charge in [-0.05, 0) is 25.5 Å². The summed E-state index contributed by atoms with van der Waals surface area (Å²) >= 11 is 0. The number of hydrogen-bond donors (Lipinski definition) is 1. The molecule has 102 valence electrons. The Morgan fingerprint density at radius 3 is 2.84 bits per heavy atom. The third-order valence-electron chi connectivity index (χ3n) is 3.13. The molecule has 2 heterocycles. The fourth-order valence-electron chi connectivity index (χ4n) is 1.70. The summed E-state index contributed by atoms with van der Waals surface area (Å²) in [6, 6.07) is 6.25. The molecule has 0 spiro atoms. The highest BCUT2D eigenvalue weighted by atomic mass is 16.5. The molecule has 2 rings (SSSR count). The SMILES string of the molecule is CCC(C)n1ccc(CNc2ccc(OC)nc2)n1. The van der Waals surface area contributed by atoms with Gasteiger partial charge in [-0.15, -0.1) is 0 Å². The van der Waals surface area contributed by atoms with Crippen LogP contribution >= 0.6 is 0 Å². The zero-order valence-electron chi connectivity index (χ0n) is 11.6. The van der Waals surface area contributed by atoms with Crippen LogP contribution < -0.4 is 10.1 Å². The summed E-state index contributed by atoms with van der Waals surface area (Å²) in [5, 5.41) is 7.83. The Balaban J connectivity index is 1.92. The molecule has 0 aliphatic rings. The Labute approximate surface area is 113 Å². The van der Waals surface area contributed by atoms with Gasteiger partial charge in [-0.25, -0.2) is 4.98 Å². The van der Waals surface area contributed by atoms with Gasteiger partial charge in [0.05, 0.1) is 31.2 Å². The summed E-state index contributed by atoms with van der Waals surface area (Å²) in [6.45, 7) is 5.02. The number of ether oxygens (including phenoxy) is 1. The minimum absolute atomic E-state index is 0.441. The smallest absolute Gasteiger partial charge is 0.213 e. The number of rotatable bonds is 6. The molecule has 0 fully saturated rings. The fourth-order valence-corrected chi connectivity index (χ4v) is 1.70. The van der Waals surface area contributed by atoms with Crippen LogP contribution in [0.3, 0.4) is 0 Å². The van der Waals surface area contributed by atoms with Crippen LogP contribution in [0.15, 0.2) is 30.6 Å². The normalized spacial score (nSPS) is 12.2. The summed E-state index contributed by atoms with van der Waals surface area (Å²) in [4.78, 5) is 4.15. The highest BCUT2D eigenvalue weighted by molar-refractivity contribution is 5.42. The van der Waals surface area contributed by atoms with Crippen molar-refractivity contribution in [1.29, 1.82) is 0 Å². The van der Waals surface area contributed by atoms with E-state index in [1.165, 1.54) is 0 Å². The van der Waals surface area contributed by atoms with Crippen molar-refractivity contribution >= 4 is 5.69 Å². The molecule has 0 saturated carbocycles. The van der Waals surface area contributed by atoms with Crippen molar-refractivity contribution in [2.45, 2.75) is 32.9 Å². The number of pyridine rings is 1. The Bertz CT molecular complexity index is 506. The van der Waals surface area contributed by atoms with Gasteiger partial charge in [0.1, 0.15) is 0 Å². The highest BCUT2D eigenvalue weighted by Crippen LogP contribution is 2.13. The maximum absolute atomic E-state index is 5.02. The molecule has 5 nitrogen and oxygen atoms in total. The van der Waals surface area contributed by atoms with Crippen LogP contribution in [0, 0.1) is 0 Å². The van der Waals surface area contributed by atoms with Crippen LogP contribution in [0.4, 0.5) is 5.69 Å². The number of anilines is 1. The number of nitrogens with zero attached hydrogens (tertiary/aromatic N) is 3. The van der Waals surface area contributed by atoms with Crippen LogP contribution in [0.25, 0.3) is 0 Å². The molecule has 2 aromatic heterocycles. The van der Waals surface area contributed by atoms with Crippen LogP contribution in [0.5, 0.6) is 5.88 Å². The molecule has 19 heavy (non-hydrogen) atoms. The van der Waals surface area contributed by atoms with E-state index in [2.05, 4.69) is 29.2 Å². The minimum atomic E-state index is 0.441. The van der Waals surface area contributed by atoms with Gasteiger partial charge >= 0.3 is 0 Å². The second-order valence-electron chi connectivity index (χ2n) is 4.49. The summed E-state index contributed by atoms with van der Waals surface area (Å²) in [5.74, 6) is 0.617. The maximum atomic E-state index is 5.02. The zero-order valence-corrected chi connectivity index (χ0v) is 11.6.